The Morgan fingerprint density at radius 2 is 2.24 bits per heavy atom. The van der Waals surface area contributed by atoms with Crippen LogP contribution in [0.15, 0.2) is 11.2 Å². The summed E-state index contributed by atoms with van der Waals surface area (Å²) < 4.78 is 31.9. The van der Waals surface area contributed by atoms with E-state index in [0.29, 0.717) is 12.5 Å². The highest BCUT2D eigenvalue weighted by molar-refractivity contribution is 7.99. The molecule has 2 rings (SSSR count). The molecule has 1 aliphatic heterocycles. The summed E-state index contributed by atoms with van der Waals surface area (Å²) in [7, 11) is -3.79. The van der Waals surface area contributed by atoms with E-state index in [9.17, 15) is 13.2 Å². The van der Waals surface area contributed by atoms with Crippen molar-refractivity contribution in [1.82, 2.24) is 14.9 Å². The smallest absolute Gasteiger partial charge is 0.342 e. The zero-order valence-electron chi connectivity index (χ0n) is 11.8. The van der Waals surface area contributed by atoms with Crippen LogP contribution >= 0.6 is 11.8 Å². The first-order valence-electron chi connectivity index (χ1n) is 6.82. The van der Waals surface area contributed by atoms with Crippen LogP contribution in [0.4, 0.5) is 0 Å². The molecule has 21 heavy (non-hydrogen) atoms. The highest BCUT2D eigenvalue weighted by Crippen LogP contribution is 2.22. The fourth-order valence-electron chi connectivity index (χ4n) is 2.08. The largest absolute Gasteiger partial charge is 0.462 e. The van der Waals surface area contributed by atoms with Crippen molar-refractivity contribution < 1.29 is 17.9 Å². The van der Waals surface area contributed by atoms with Crippen molar-refractivity contribution in [1.29, 1.82) is 0 Å². The number of aromatic amines is 1. The second kappa shape index (κ2) is 7.28. The number of nitrogens with one attached hydrogen (secondary N) is 2. The molecule has 0 spiro atoms. The second-order valence-corrected chi connectivity index (χ2v) is 7.67. The fourth-order valence-corrected chi connectivity index (χ4v) is 4.49. The number of esters is 1. The lowest BCUT2D eigenvalue weighted by atomic mass is 10.0. The van der Waals surface area contributed by atoms with Crippen LogP contribution in [0.1, 0.15) is 30.1 Å². The van der Waals surface area contributed by atoms with Crippen LogP contribution in [0.25, 0.3) is 0 Å². The second-order valence-electron chi connectivity index (χ2n) is 4.74. The van der Waals surface area contributed by atoms with Gasteiger partial charge in [-0.1, -0.05) is 0 Å². The predicted octanol–water partition coefficient (Wildman–Crippen LogP) is 1.01. The third kappa shape index (κ3) is 4.21. The van der Waals surface area contributed by atoms with E-state index in [1.807, 2.05) is 11.8 Å². The Bertz CT molecular complexity index is 579. The normalized spacial score (nSPS) is 16.8. The zero-order valence-corrected chi connectivity index (χ0v) is 13.4. The van der Waals surface area contributed by atoms with Crippen LogP contribution in [-0.2, 0) is 14.8 Å². The highest BCUT2D eigenvalue weighted by atomic mass is 32.2. The number of carbonyl (C=O) groups excluding carboxylic acids is 1. The van der Waals surface area contributed by atoms with Gasteiger partial charge >= 0.3 is 5.97 Å². The van der Waals surface area contributed by atoms with Crippen LogP contribution in [0, 0.1) is 5.92 Å². The number of thioether (sulfide) groups is 1. The number of rotatable bonds is 6. The molecule has 0 aliphatic carbocycles. The molecule has 7 nitrogen and oxygen atoms in total. The van der Waals surface area contributed by atoms with E-state index in [1.165, 1.54) is 6.20 Å². The minimum Gasteiger partial charge on any atom is -0.462 e. The van der Waals surface area contributed by atoms with Crippen molar-refractivity contribution in [2.45, 2.75) is 24.8 Å². The van der Waals surface area contributed by atoms with Crippen LogP contribution in [-0.4, -0.2) is 49.2 Å². The number of ether oxygens (including phenoxy) is 1. The first-order chi connectivity index (χ1) is 10.0. The van der Waals surface area contributed by atoms with Crippen LogP contribution in [0.3, 0.4) is 0 Å². The van der Waals surface area contributed by atoms with E-state index in [0.717, 1.165) is 24.3 Å². The van der Waals surface area contributed by atoms with Gasteiger partial charge in [-0.25, -0.2) is 17.9 Å². The van der Waals surface area contributed by atoms with Crippen molar-refractivity contribution in [3.8, 4) is 0 Å². The average molecular weight is 333 g/mol. The van der Waals surface area contributed by atoms with Gasteiger partial charge in [0.2, 0.25) is 0 Å². The number of nitrogens with zero attached hydrogens (tertiary/aromatic N) is 1. The van der Waals surface area contributed by atoms with E-state index in [-0.39, 0.29) is 17.2 Å². The lowest BCUT2D eigenvalue weighted by molar-refractivity contribution is 0.0522. The van der Waals surface area contributed by atoms with Crippen molar-refractivity contribution in [2.24, 2.45) is 5.92 Å². The molecule has 1 aromatic rings. The number of aromatic nitrogens is 2. The molecular weight excluding hydrogens is 314 g/mol. The maximum atomic E-state index is 12.3. The monoisotopic (exact) mass is 333 g/mol. The van der Waals surface area contributed by atoms with E-state index in [4.69, 9.17) is 4.74 Å². The van der Waals surface area contributed by atoms with Gasteiger partial charge in [-0.05, 0) is 37.2 Å². The van der Waals surface area contributed by atoms with E-state index in [1.54, 1.807) is 6.92 Å². The van der Waals surface area contributed by atoms with E-state index >= 15 is 0 Å². The molecule has 0 unspecified atom stereocenters. The van der Waals surface area contributed by atoms with Gasteiger partial charge in [0.05, 0.1) is 12.8 Å². The summed E-state index contributed by atoms with van der Waals surface area (Å²) in [5, 5.41) is 5.78. The molecule has 0 bridgehead atoms. The SMILES string of the molecule is CCOC(=O)c1cn[nH]c1S(=O)(=O)NCC1CCSCC1. The van der Waals surface area contributed by atoms with Crippen LogP contribution in [0.2, 0.25) is 0 Å². The van der Waals surface area contributed by atoms with E-state index in [2.05, 4.69) is 14.9 Å². The molecule has 1 aliphatic rings. The van der Waals surface area contributed by atoms with Gasteiger partial charge in [-0.15, -0.1) is 0 Å². The minimum absolute atomic E-state index is 0.0662. The van der Waals surface area contributed by atoms with Gasteiger partial charge in [0.15, 0.2) is 5.03 Å². The number of sulfonamides is 1. The Balaban J connectivity index is 2.05. The first kappa shape index (κ1) is 16.3. The Labute approximate surface area is 128 Å². The highest BCUT2D eigenvalue weighted by Gasteiger charge is 2.26. The zero-order chi connectivity index (χ0) is 15.3. The molecular formula is C12H19N3O4S2. The predicted molar refractivity (Wildman–Crippen MR) is 79.8 cm³/mol. The van der Waals surface area contributed by atoms with Crippen molar-refractivity contribution in [2.75, 3.05) is 24.7 Å². The summed E-state index contributed by atoms with van der Waals surface area (Å²) in [6, 6.07) is 0. The number of hydrogen-bond donors (Lipinski definition) is 2. The molecule has 0 radical (unpaired) electrons. The quantitative estimate of drug-likeness (QED) is 0.753. The van der Waals surface area contributed by atoms with Crippen molar-refractivity contribution in [3.05, 3.63) is 11.8 Å². The van der Waals surface area contributed by atoms with Gasteiger partial charge in [0.25, 0.3) is 10.0 Å². The van der Waals surface area contributed by atoms with Gasteiger partial charge in [-0.2, -0.15) is 16.9 Å². The Morgan fingerprint density at radius 3 is 2.90 bits per heavy atom. The summed E-state index contributed by atoms with van der Waals surface area (Å²) in [5.41, 5.74) is -0.0662. The average Bonchev–Trinajstić information content (AvgIpc) is 2.97. The molecule has 1 aromatic heterocycles. The third-order valence-electron chi connectivity index (χ3n) is 3.27. The molecule has 9 heteroatoms. The minimum atomic E-state index is -3.79. The molecule has 0 aromatic carbocycles. The molecule has 0 saturated carbocycles. The molecule has 118 valence electrons. The van der Waals surface area contributed by atoms with Crippen LogP contribution < -0.4 is 4.72 Å². The molecule has 1 saturated heterocycles. The lowest BCUT2D eigenvalue weighted by Crippen LogP contribution is -2.32. The Kier molecular flexibility index (Phi) is 5.65. The Hall–Kier alpha value is -1.06. The van der Waals surface area contributed by atoms with Gasteiger partial charge < -0.3 is 4.74 Å². The fraction of sp³-hybridized carbons (Fsp3) is 0.667. The summed E-state index contributed by atoms with van der Waals surface area (Å²) in [6.07, 6.45) is 3.17. The maximum Gasteiger partial charge on any atom is 0.342 e. The van der Waals surface area contributed by atoms with Crippen molar-refractivity contribution >= 4 is 27.8 Å². The first-order valence-corrected chi connectivity index (χ1v) is 9.46. The number of hydrogen-bond acceptors (Lipinski definition) is 6. The summed E-state index contributed by atoms with van der Waals surface area (Å²) in [4.78, 5) is 11.7. The molecule has 1 fully saturated rings. The van der Waals surface area contributed by atoms with Crippen LogP contribution in [0.5, 0.6) is 0 Å². The van der Waals surface area contributed by atoms with Gasteiger partial charge in [0, 0.05) is 6.54 Å². The summed E-state index contributed by atoms with van der Waals surface area (Å²) >= 11 is 1.89. The standard InChI is InChI=1S/C12H19N3O4S2/c1-2-19-12(16)10-8-13-15-11(10)21(17,18)14-7-9-3-5-20-6-4-9/h8-9,14H,2-7H2,1H3,(H,13,15). The number of H-pyrrole nitrogens is 1. The van der Waals surface area contributed by atoms with E-state index < -0.39 is 16.0 Å². The van der Waals surface area contributed by atoms with Gasteiger partial charge in [0.1, 0.15) is 5.56 Å². The summed E-state index contributed by atoms with van der Waals surface area (Å²) in [6.45, 7) is 2.21. The summed E-state index contributed by atoms with van der Waals surface area (Å²) in [5.74, 6) is 1.77. The van der Waals surface area contributed by atoms with Crippen molar-refractivity contribution in [3.63, 3.8) is 0 Å². The van der Waals surface area contributed by atoms with Gasteiger partial charge in [-0.3, -0.25) is 5.10 Å². The molecule has 0 amide bonds. The molecule has 0 atom stereocenters. The molecule has 2 heterocycles. The maximum absolute atomic E-state index is 12.3. The Morgan fingerprint density at radius 1 is 1.52 bits per heavy atom. The lowest BCUT2D eigenvalue weighted by Gasteiger charge is -2.21. The molecule has 2 N–H and O–H groups in total. The topological polar surface area (TPSA) is 101 Å². The third-order valence-corrected chi connectivity index (χ3v) is 5.72. The number of carbonyl (C=O) groups is 1.